The van der Waals surface area contributed by atoms with E-state index in [1.807, 2.05) is 0 Å². The van der Waals surface area contributed by atoms with E-state index in [4.69, 9.17) is 14.7 Å². The van der Waals surface area contributed by atoms with Crippen molar-refractivity contribution in [2.24, 2.45) is 5.92 Å². The van der Waals surface area contributed by atoms with Gasteiger partial charge in [0.05, 0.1) is 13.2 Å². The summed E-state index contributed by atoms with van der Waals surface area (Å²) in [7, 11) is 1.28. The van der Waals surface area contributed by atoms with Crippen LogP contribution in [-0.4, -0.2) is 30.3 Å². The topological polar surface area (TPSA) is 88.4 Å². The van der Waals surface area contributed by atoms with Gasteiger partial charge in [-0.05, 0) is 39.5 Å². The SMILES string of the molecule is COC(=O)C1(NC(=O)OC(C)(C)C)CC(CC#N)C1. The van der Waals surface area contributed by atoms with E-state index in [1.54, 1.807) is 20.8 Å². The van der Waals surface area contributed by atoms with Crippen molar-refractivity contribution in [2.45, 2.75) is 51.2 Å². The zero-order valence-corrected chi connectivity index (χ0v) is 11.8. The smallest absolute Gasteiger partial charge is 0.408 e. The van der Waals surface area contributed by atoms with Crippen LogP contribution in [0.15, 0.2) is 0 Å². The highest BCUT2D eigenvalue weighted by atomic mass is 16.6. The zero-order chi connectivity index (χ0) is 14.7. The number of carbonyl (C=O) groups is 2. The molecule has 106 valence electrons. The van der Waals surface area contributed by atoms with E-state index in [2.05, 4.69) is 11.4 Å². The number of nitrogens with zero attached hydrogens (tertiary/aromatic N) is 1. The molecule has 6 nitrogen and oxygen atoms in total. The number of carbonyl (C=O) groups excluding carboxylic acids is 2. The Bertz CT molecular complexity index is 400. The van der Waals surface area contributed by atoms with Crippen LogP contribution in [0.2, 0.25) is 0 Å². The largest absolute Gasteiger partial charge is 0.467 e. The summed E-state index contributed by atoms with van der Waals surface area (Å²) in [5.41, 5.74) is -1.67. The lowest BCUT2D eigenvalue weighted by Gasteiger charge is -2.44. The highest BCUT2D eigenvalue weighted by Crippen LogP contribution is 2.40. The fourth-order valence-electron chi connectivity index (χ4n) is 2.21. The number of nitrogens with one attached hydrogen (secondary N) is 1. The Morgan fingerprint density at radius 2 is 2.00 bits per heavy atom. The molecule has 0 atom stereocenters. The minimum atomic E-state index is -1.04. The molecule has 1 aliphatic rings. The van der Waals surface area contributed by atoms with Crippen LogP contribution in [-0.2, 0) is 14.3 Å². The van der Waals surface area contributed by atoms with Gasteiger partial charge in [-0.1, -0.05) is 0 Å². The number of alkyl carbamates (subject to hydrolysis) is 1. The molecule has 1 aliphatic carbocycles. The molecule has 0 aromatic carbocycles. The summed E-state index contributed by atoms with van der Waals surface area (Å²) >= 11 is 0. The molecule has 0 saturated heterocycles. The van der Waals surface area contributed by atoms with Crippen molar-refractivity contribution in [1.29, 1.82) is 5.26 Å². The summed E-state index contributed by atoms with van der Waals surface area (Å²) < 4.78 is 9.86. The Balaban J connectivity index is 2.66. The molecule has 1 amide bonds. The van der Waals surface area contributed by atoms with Gasteiger partial charge in [-0.2, -0.15) is 5.26 Å². The van der Waals surface area contributed by atoms with Crippen molar-refractivity contribution >= 4 is 12.1 Å². The number of nitriles is 1. The maximum absolute atomic E-state index is 11.8. The van der Waals surface area contributed by atoms with Gasteiger partial charge in [0, 0.05) is 6.42 Å². The summed E-state index contributed by atoms with van der Waals surface area (Å²) in [6, 6.07) is 2.06. The highest BCUT2D eigenvalue weighted by Gasteiger charge is 2.52. The van der Waals surface area contributed by atoms with Crippen LogP contribution in [0.5, 0.6) is 0 Å². The van der Waals surface area contributed by atoms with E-state index >= 15 is 0 Å². The normalized spacial score (nSPS) is 25.7. The molecule has 19 heavy (non-hydrogen) atoms. The minimum Gasteiger partial charge on any atom is -0.467 e. The number of hydrogen-bond donors (Lipinski definition) is 1. The van der Waals surface area contributed by atoms with Crippen molar-refractivity contribution < 1.29 is 19.1 Å². The van der Waals surface area contributed by atoms with E-state index in [9.17, 15) is 9.59 Å². The number of ether oxygens (including phenoxy) is 2. The summed E-state index contributed by atoms with van der Waals surface area (Å²) in [6.45, 7) is 5.24. The molecule has 0 aliphatic heterocycles. The molecule has 0 aromatic rings. The Labute approximate surface area is 113 Å². The molecule has 1 saturated carbocycles. The second kappa shape index (κ2) is 5.47. The Hall–Kier alpha value is -1.77. The molecule has 0 unspecified atom stereocenters. The van der Waals surface area contributed by atoms with Gasteiger partial charge in [0.25, 0.3) is 0 Å². The highest BCUT2D eigenvalue weighted by molar-refractivity contribution is 5.87. The average molecular weight is 268 g/mol. The number of methoxy groups -OCH3 is 1. The molecule has 0 spiro atoms. The van der Waals surface area contributed by atoms with Crippen molar-refractivity contribution in [3.63, 3.8) is 0 Å². The lowest BCUT2D eigenvalue weighted by Crippen LogP contribution is -2.63. The van der Waals surface area contributed by atoms with E-state index in [-0.39, 0.29) is 5.92 Å². The van der Waals surface area contributed by atoms with E-state index in [0.29, 0.717) is 19.3 Å². The van der Waals surface area contributed by atoms with E-state index < -0.39 is 23.2 Å². The van der Waals surface area contributed by atoms with E-state index in [0.717, 1.165) is 0 Å². The first-order chi connectivity index (χ1) is 8.72. The van der Waals surface area contributed by atoms with Crippen LogP contribution in [0.3, 0.4) is 0 Å². The van der Waals surface area contributed by atoms with Gasteiger partial charge in [0.1, 0.15) is 11.1 Å². The maximum atomic E-state index is 11.8. The lowest BCUT2D eigenvalue weighted by molar-refractivity contribution is -0.155. The fraction of sp³-hybridized carbons (Fsp3) is 0.769. The van der Waals surface area contributed by atoms with Gasteiger partial charge in [-0.3, -0.25) is 0 Å². The molecule has 0 heterocycles. The predicted octanol–water partition coefficient (Wildman–Crippen LogP) is 1.75. The molecule has 0 bridgehead atoms. The van der Waals surface area contributed by atoms with Crippen molar-refractivity contribution in [2.75, 3.05) is 7.11 Å². The number of esters is 1. The molecular formula is C13H20N2O4. The van der Waals surface area contributed by atoms with Crippen molar-refractivity contribution in [1.82, 2.24) is 5.32 Å². The van der Waals surface area contributed by atoms with Crippen LogP contribution in [0, 0.1) is 17.2 Å². The third-order valence-electron chi connectivity index (χ3n) is 2.97. The predicted molar refractivity (Wildman–Crippen MR) is 67.1 cm³/mol. The molecule has 6 heteroatoms. The van der Waals surface area contributed by atoms with Crippen LogP contribution < -0.4 is 5.32 Å². The molecule has 1 fully saturated rings. The Morgan fingerprint density at radius 1 is 1.42 bits per heavy atom. The van der Waals surface area contributed by atoms with Crippen molar-refractivity contribution in [3.05, 3.63) is 0 Å². The first-order valence-electron chi connectivity index (χ1n) is 6.19. The molecular weight excluding hydrogens is 248 g/mol. The van der Waals surface area contributed by atoms with Crippen LogP contribution >= 0.6 is 0 Å². The van der Waals surface area contributed by atoms with Gasteiger partial charge in [0.15, 0.2) is 0 Å². The van der Waals surface area contributed by atoms with E-state index in [1.165, 1.54) is 7.11 Å². The van der Waals surface area contributed by atoms with Crippen LogP contribution in [0.4, 0.5) is 4.79 Å². The molecule has 1 N–H and O–H groups in total. The Kier molecular flexibility index (Phi) is 4.40. The standard InChI is InChI=1S/C13H20N2O4/c1-12(2,3)19-11(17)15-13(10(16)18-4)7-9(8-13)5-6-14/h9H,5,7-8H2,1-4H3,(H,15,17). The molecule has 1 rings (SSSR count). The first-order valence-corrected chi connectivity index (χ1v) is 6.19. The number of rotatable bonds is 3. The monoisotopic (exact) mass is 268 g/mol. The second-order valence-corrected chi connectivity index (χ2v) is 5.84. The first kappa shape index (κ1) is 15.3. The van der Waals surface area contributed by atoms with Gasteiger partial charge < -0.3 is 14.8 Å². The fourth-order valence-corrected chi connectivity index (χ4v) is 2.21. The third kappa shape index (κ3) is 3.85. The minimum absolute atomic E-state index is 0.110. The van der Waals surface area contributed by atoms with Crippen LogP contribution in [0.1, 0.15) is 40.0 Å². The maximum Gasteiger partial charge on any atom is 0.408 e. The second-order valence-electron chi connectivity index (χ2n) is 5.84. The Morgan fingerprint density at radius 3 is 2.42 bits per heavy atom. The summed E-state index contributed by atoms with van der Waals surface area (Å²) in [4.78, 5) is 23.5. The number of hydrogen-bond acceptors (Lipinski definition) is 5. The summed E-state index contributed by atoms with van der Waals surface area (Å²) in [5.74, 6) is -0.383. The van der Waals surface area contributed by atoms with Crippen LogP contribution in [0.25, 0.3) is 0 Å². The quantitative estimate of drug-likeness (QED) is 0.788. The summed E-state index contributed by atoms with van der Waals surface area (Å²) in [6.07, 6.45) is 0.543. The molecule has 0 aromatic heterocycles. The van der Waals surface area contributed by atoms with Gasteiger partial charge in [-0.25, -0.2) is 9.59 Å². The summed E-state index contributed by atoms with van der Waals surface area (Å²) in [5, 5.41) is 11.2. The van der Waals surface area contributed by atoms with Gasteiger partial charge in [0.2, 0.25) is 0 Å². The van der Waals surface area contributed by atoms with Gasteiger partial charge in [-0.15, -0.1) is 0 Å². The zero-order valence-electron chi connectivity index (χ0n) is 11.8. The molecule has 0 radical (unpaired) electrons. The van der Waals surface area contributed by atoms with Gasteiger partial charge >= 0.3 is 12.1 Å². The average Bonchev–Trinajstić information content (AvgIpc) is 2.22. The number of amides is 1. The lowest BCUT2D eigenvalue weighted by atomic mass is 9.67. The third-order valence-corrected chi connectivity index (χ3v) is 2.97. The van der Waals surface area contributed by atoms with Crippen molar-refractivity contribution in [3.8, 4) is 6.07 Å².